The van der Waals surface area contributed by atoms with E-state index >= 15 is 0 Å². The molecule has 0 aromatic rings. The summed E-state index contributed by atoms with van der Waals surface area (Å²) in [5, 5.41) is 2.91. The number of ether oxygens (including phenoxy) is 1. The summed E-state index contributed by atoms with van der Waals surface area (Å²) in [6.45, 7) is 7.08. The Bertz CT molecular complexity index is 148. The maximum atomic E-state index is 11.3. The van der Waals surface area contributed by atoms with Gasteiger partial charge in [0.1, 0.15) is 6.61 Å². The average molecular weight is 201 g/mol. The Hall–Kier alpha value is -0.570. The van der Waals surface area contributed by atoms with E-state index in [4.69, 9.17) is 4.74 Å². The average Bonchev–Trinajstić information content (AvgIpc) is 2.15. The first-order valence-electron chi connectivity index (χ1n) is 5.57. The van der Waals surface area contributed by atoms with Crippen LogP contribution in [0.25, 0.3) is 0 Å². The molecule has 0 saturated carbocycles. The van der Waals surface area contributed by atoms with Gasteiger partial charge < -0.3 is 10.1 Å². The van der Waals surface area contributed by atoms with Crippen LogP contribution in [0.5, 0.6) is 0 Å². The third-order valence-corrected chi connectivity index (χ3v) is 1.98. The Kier molecular flexibility index (Phi) is 8.64. The fourth-order valence-electron chi connectivity index (χ4n) is 1.21. The molecule has 1 atom stereocenters. The molecule has 14 heavy (non-hydrogen) atoms. The Morgan fingerprint density at radius 3 is 2.64 bits per heavy atom. The van der Waals surface area contributed by atoms with Crippen molar-refractivity contribution in [3.63, 3.8) is 0 Å². The molecular formula is C11H23NO2. The number of hydrogen-bond donors (Lipinski definition) is 1. The highest BCUT2D eigenvalue weighted by Gasteiger charge is 2.05. The van der Waals surface area contributed by atoms with Crippen molar-refractivity contribution in [1.29, 1.82) is 0 Å². The van der Waals surface area contributed by atoms with Crippen LogP contribution in [-0.4, -0.2) is 25.2 Å². The summed E-state index contributed by atoms with van der Waals surface area (Å²) in [7, 11) is 0. The lowest BCUT2D eigenvalue weighted by Gasteiger charge is -2.13. The van der Waals surface area contributed by atoms with Crippen LogP contribution in [0.3, 0.4) is 0 Å². The molecule has 3 heteroatoms. The summed E-state index contributed by atoms with van der Waals surface area (Å²) in [5.41, 5.74) is 0. The van der Waals surface area contributed by atoms with Crippen molar-refractivity contribution in [3.8, 4) is 0 Å². The Labute approximate surface area is 87.2 Å². The predicted molar refractivity (Wildman–Crippen MR) is 58.2 cm³/mol. The number of unbranched alkanes of at least 4 members (excludes halogenated alkanes) is 1. The predicted octanol–water partition coefficient (Wildman–Crippen LogP) is 2.11. The lowest BCUT2D eigenvalue weighted by Crippen LogP contribution is -2.35. The minimum absolute atomic E-state index is 0.00190. The van der Waals surface area contributed by atoms with Gasteiger partial charge in [0.05, 0.1) is 0 Å². The molecule has 0 aliphatic carbocycles. The van der Waals surface area contributed by atoms with Crippen LogP contribution >= 0.6 is 0 Å². The van der Waals surface area contributed by atoms with E-state index in [9.17, 15) is 4.79 Å². The van der Waals surface area contributed by atoms with Gasteiger partial charge in [-0.15, -0.1) is 0 Å². The van der Waals surface area contributed by atoms with Crippen LogP contribution in [0.1, 0.15) is 46.5 Å². The van der Waals surface area contributed by atoms with Gasteiger partial charge in [0, 0.05) is 12.6 Å². The van der Waals surface area contributed by atoms with Gasteiger partial charge in [0.25, 0.3) is 0 Å². The minimum atomic E-state index is 0.00190. The van der Waals surface area contributed by atoms with Gasteiger partial charge in [-0.3, -0.25) is 4.79 Å². The maximum Gasteiger partial charge on any atom is 0.246 e. The van der Waals surface area contributed by atoms with Crippen molar-refractivity contribution in [2.45, 2.75) is 52.5 Å². The highest BCUT2D eigenvalue weighted by molar-refractivity contribution is 5.77. The van der Waals surface area contributed by atoms with Gasteiger partial charge in [0.15, 0.2) is 0 Å². The summed E-state index contributed by atoms with van der Waals surface area (Å²) in [5.74, 6) is 0.00190. The minimum Gasteiger partial charge on any atom is -0.372 e. The second-order valence-corrected chi connectivity index (χ2v) is 3.66. The molecule has 0 fully saturated rings. The SMILES string of the molecule is CCCCC(C)NC(=O)COCCC. The fourth-order valence-corrected chi connectivity index (χ4v) is 1.21. The zero-order valence-corrected chi connectivity index (χ0v) is 9.64. The summed E-state index contributed by atoms with van der Waals surface area (Å²) in [6.07, 6.45) is 4.35. The van der Waals surface area contributed by atoms with Gasteiger partial charge in [-0.05, 0) is 19.8 Å². The van der Waals surface area contributed by atoms with Crippen molar-refractivity contribution < 1.29 is 9.53 Å². The molecule has 0 aliphatic rings. The first-order valence-corrected chi connectivity index (χ1v) is 5.57. The molecule has 1 N–H and O–H groups in total. The molecule has 0 saturated heterocycles. The molecule has 0 aliphatic heterocycles. The first kappa shape index (κ1) is 13.4. The van der Waals surface area contributed by atoms with E-state index in [1.165, 1.54) is 6.42 Å². The number of rotatable bonds is 8. The van der Waals surface area contributed by atoms with Gasteiger partial charge in [-0.2, -0.15) is 0 Å². The largest absolute Gasteiger partial charge is 0.372 e. The molecule has 0 rings (SSSR count). The summed E-state index contributed by atoms with van der Waals surface area (Å²) in [4.78, 5) is 11.3. The number of nitrogens with one attached hydrogen (secondary N) is 1. The van der Waals surface area contributed by atoms with Gasteiger partial charge in [-0.1, -0.05) is 26.7 Å². The van der Waals surface area contributed by atoms with E-state index in [0.717, 1.165) is 19.3 Å². The quantitative estimate of drug-likeness (QED) is 0.611. The Morgan fingerprint density at radius 1 is 1.36 bits per heavy atom. The Morgan fingerprint density at radius 2 is 2.07 bits per heavy atom. The summed E-state index contributed by atoms with van der Waals surface area (Å²) >= 11 is 0. The summed E-state index contributed by atoms with van der Waals surface area (Å²) < 4.78 is 5.14. The van der Waals surface area contributed by atoms with Crippen LogP contribution in [0.2, 0.25) is 0 Å². The van der Waals surface area contributed by atoms with E-state index in [0.29, 0.717) is 6.61 Å². The molecule has 84 valence electrons. The highest BCUT2D eigenvalue weighted by Crippen LogP contribution is 1.99. The molecule has 0 heterocycles. The van der Waals surface area contributed by atoms with Crippen molar-refractivity contribution >= 4 is 5.91 Å². The first-order chi connectivity index (χ1) is 6.70. The Balaban J connectivity index is 3.40. The molecule has 0 spiro atoms. The van der Waals surface area contributed by atoms with Crippen LogP contribution in [0, 0.1) is 0 Å². The van der Waals surface area contributed by atoms with E-state index in [2.05, 4.69) is 12.2 Å². The zero-order chi connectivity index (χ0) is 10.8. The molecule has 0 radical (unpaired) electrons. The molecule has 0 bridgehead atoms. The number of amides is 1. The molecule has 0 aromatic heterocycles. The second-order valence-electron chi connectivity index (χ2n) is 3.66. The molecule has 3 nitrogen and oxygen atoms in total. The van der Waals surface area contributed by atoms with Crippen molar-refractivity contribution in [1.82, 2.24) is 5.32 Å². The molecule has 1 amide bonds. The van der Waals surface area contributed by atoms with E-state index in [1.807, 2.05) is 13.8 Å². The zero-order valence-electron chi connectivity index (χ0n) is 9.64. The topological polar surface area (TPSA) is 38.3 Å². The van der Waals surface area contributed by atoms with Crippen molar-refractivity contribution in [2.24, 2.45) is 0 Å². The van der Waals surface area contributed by atoms with Gasteiger partial charge in [-0.25, -0.2) is 0 Å². The smallest absolute Gasteiger partial charge is 0.246 e. The van der Waals surface area contributed by atoms with E-state index < -0.39 is 0 Å². The van der Waals surface area contributed by atoms with Crippen LogP contribution in [0.15, 0.2) is 0 Å². The molecule has 0 aromatic carbocycles. The molecular weight excluding hydrogens is 178 g/mol. The van der Waals surface area contributed by atoms with Crippen molar-refractivity contribution in [3.05, 3.63) is 0 Å². The van der Waals surface area contributed by atoms with Gasteiger partial charge in [0.2, 0.25) is 5.91 Å². The van der Waals surface area contributed by atoms with Crippen LogP contribution in [-0.2, 0) is 9.53 Å². The maximum absolute atomic E-state index is 11.3. The number of carbonyl (C=O) groups is 1. The van der Waals surface area contributed by atoms with Crippen LogP contribution in [0.4, 0.5) is 0 Å². The van der Waals surface area contributed by atoms with E-state index in [-0.39, 0.29) is 18.6 Å². The van der Waals surface area contributed by atoms with E-state index in [1.54, 1.807) is 0 Å². The number of carbonyl (C=O) groups excluding carboxylic acids is 1. The number of hydrogen-bond acceptors (Lipinski definition) is 2. The third-order valence-electron chi connectivity index (χ3n) is 1.98. The fraction of sp³-hybridized carbons (Fsp3) is 0.909. The lowest BCUT2D eigenvalue weighted by atomic mass is 10.1. The highest BCUT2D eigenvalue weighted by atomic mass is 16.5. The van der Waals surface area contributed by atoms with Crippen LogP contribution < -0.4 is 5.32 Å². The lowest BCUT2D eigenvalue weighted by molar-refractivity contribution is -0.126. The molecule has 1 unspecified atom stereocenters. The third kappa shape index (κ3) is 8.05. The standard InChI is InChI=1S/C11H23NO2/c1-4-6-7-10(3)12-11(13)9-14-8-5-2/h10H,4-9H2,1-3H3,(H,12,13). The summed E-state index contributed by atoms with van der Waals surface area (Å²) in [6, 6.07) is 0.271. The normalized spacial score (nSPS) is 12.5. The van der Waals surface area contributed by atoms with Gasteiger partial charge >= 0.3 is 0 Å². The van der Waals surface area contributed by atoms with Crippen molar-refractivity contribution in [2.75, 3.05) is 13.2 Å². The second kappa shape index (κ2) is 9.00. The monoisotopic (exact) mass is 201 g/mol.